The minimum Gasteiger partial charge on any atom is -0.473 e. The predicted molar refractivity (Wildman–Crippen MR) is 120 cm³/mol. The molecule has 170 valence electrons. The topological polar surface area (TPSA) is 102 Å². The van der Waals surface area contributed by atoms with E-state index < -0.39 is 0 Å². The van der Waals surface area contributed by atoms with Crippen LogP contribution in [0.15, 0.2) is 55.0 Å². The van der Waals surface area contributed by atoms with Crippen molar-refractivity contribution in [1.29, 1.82) is 0 Å². The lowest BCUT2D eigenvalue weighted by Crippen LogP contribution is -2.26. The zero-order valence-corrected chi connectivity index (χ0v) is 18.2. The average Bonchev–Trinajstić information content (AvgIpc) is 3.22. The number of ether oxygens (including phenoxy) is 1. The van der Waals surface area contributed by atoms with Gasteiger partial charge >= 0.3 is 0 Å². The van der Waals surface area contributed by atoms with E-state index in [9.17, 15) is 9.18 Å². The Bertz CT molecular complexity index is 1260. The summed E-state index contributed by atoms with van der Waals surface area (Å²) < 4.78 is 20.6. The SMILES string of the molecule is Cc1cc(Cn2cc3c(C(=O)NCCCO)nccc3n2)cnc1OCc1ccc(F)cc1. The van der Waals surface area contributed by atoms with E-state index in [0.29, 0.717) is 48.6 Å². The van der Waals surface area contributed by atoms with Gasteiger partial charge in [-0.3, -0.25) is 14.5 Å². The fourth-order valence-electron chi connectivity index (χ4n) is 3.40. The van der Waals surface area contributed by atoms with Gasteiger partial charge in [-0.25, -0.2) is 9.37 Å². The molecule has 4 aromatic rings. The molecule has 1 amide bonds. The van der Waals surface area contributed by atoms with E-state index in [1.54, 1.807) is 41.5 Å². The van der Waals surface area contributed by atoms with Crippen LogP contribution in [0.25, 0.3) is 10.9 Å². The molecule has 33 heavy (non-hydrogen) atoms. The summed E-state index contributed by atoms with van der Waals surface area (Å²) >= 11 is 0. The van der Waals surface area contributed by atoms with Crippen LogP contribution in [0.4, 0.5) is 4.39 Å². The van der Waals surface area contributed by atoms with Crippen LogP contribution in [0.1, 0.15) is 33.6 Å². The second-order valence-corrected chi connectivity index (χ2v) is 7.63. The Balaban J connectivity index is 1.45. The molecule has 0 atom stereocenters. The Morgan fingerprint density at radius 1 is 1.18 bits per heavy atom. The zero-order valence-electron chi connectivity index (χ0n) is 18.2. The van der Waals surface area contributed by atoms with Crippen LogP contribution in [0.3, 0.4) is 0 Å². The highest BCUT2D eigenvalue weighted by Gasteiger charge is 2.14. The minimum atomic E-state index is -0.297. The number of aryl methyl sites for hydroxylation is 1. The van der Waals surface area contributed by atoms with Crippen molar-refractivity contribution in [3.63, 3.8) is 0 Å². The van der Waals surface area contributed by atoms with Crippen molar-refractivity contribution >= 4 is 16.8 Å². The number of aromatic nitrogens is 4. The van der Waals surface area contributed by atoms with Crippen molar-refractivity contribution in [2.45, 2.75) is 26.5 Å². The molecule has 4 rings (SSSR count). The molecule has 0 aliphatic heterocycles. The summed E-state index contributed by atoms with van der Waals surface area (Å²) in [5, 5.41) is 16.8. The molecular weight excluding hydrogens is 425 g/mol. The van der Waals surface area contributed by atoms with E-state index in [-0.39, 0.29) is 18.3 Å². The maximum atomic E-state index is 13.0. The summed E-state index contributed by atoms with van der Waals surface area (Å²) in [6.45, 7) is 3.07. The summed E-state index contributed by atoms with van der Waals surface area (Å²) in [5.41, 5.74) is 3.62. The number of aliphatic hydroxyl groups is 1. The third-order valence-electron chi connectivity index (χ3n) is 5.04. The van der Waals surface area contributed by atoms with Crippen LogP contribution in [0, 0.1) is 12.7 Å². The average molecular weight is 449 g/mol. The zero-order chi connectivity index (χ0) is 23.2. The number of hydrogen-bond donors (Lipinski definition) is 2. The number of fused-ring (bicyclic) bond motifs is 1. The number of rotatable bonds is 9. The molecule has 0 aliphatic rings. The molecule has 0 bridgehead atoms. The lowest BCUT2D eigenvalue weighted by atomic mass is 10.2. The standard InChI is InChI=1S/C24H24FN5O3/c1-16-11-18(12-28-24(16)33-15-17-3-5-19(25)6-4-17)13-30-14-20-21(29-30)7-9-26-22(20)23(32)27-8-2-10-31/h3-7,9,11-12,14,31H,2,8,10,13,15H2,1H3,(H,27,32). The van der Waals surface area contributed by atoms with Gasteiger partial charge in [0.15, 0.2) is 0 Å². The first kappa shape index (κ1) is 22.3. The second kappa shape index (κ2) is 10.2. The monoisotopic (exact) mass is 449 g/mol. The maximum absolute atomic E-state index is 13.0. The molecule has 0 aliphatic carbocycles. The Morgan fingerprint density at radius 2 is 2.00 bits per heavy atom. The lowest BCUT2D eigenvalue weighted by Gasteiger charge is -2.10. The third kappa shape index (κ3) is 5.50. The number of nitrogens with one attached hydrogen (secondary N) is 1. The normalized spacial score (nSPS) is 11.0. The fourth-order valence-corrected chi connectivity index (χ4v) is 3.40. The van der Waals surface area contributed by atoms with Gasteiger partial charge in [0.2, 0.25) is 5.88 Å². The molecule has 0 spiro atoms. The van der Waals surface area contributed by atoms with Crippen LogP contribution in [0.2, 0.25) is 0 Å². The highest BCUT2D eigenvalue weighted by atomic mass is 19.1. The van der Waals surface area contributed by atoms with Crippen molar-refractivity contribution in [3.8, 4) is 5.88 Å². The highest BCUT2D eigenvalue weighted by molar-refractivity contribution is 6.04. The molecule has 3 heterocycles. The van der Waals surface area contributed by atoms with E-state index in [1.807, 2.05) is 13.0 Å². The largest absolute Gasteiger partial charge is 0.473 e. The van der Waals surface area contributed by atoms with Crippen molar-refractivity contribution in [3.05, 3.63) is 83.2 Å². The molecule has 9 heteroatoms. The molecule has 2 N–H and O–H groups in total. The lowest BCUT2D eigenvalue weighted by molar-refractivity contribution is 0.0948. The van der Waals surface area contributed by atoms with Crippen molar-refractivity contribution in [2.24, 2.45) is 0 Å². The summed E-state index contributed by atoms with van der Waals surface area (Å²) in [4.78, 5) is 21.0. The summed E-state index contributed by atoms with van der Waals surface area (Å²) in [6, 6.07) is 9.88. The molecule has 0 fully saturated rings. The van der Waals surface area contributed by atoms with Crippen molar-refractivity contribution in [2.75, 3.05) is 13.2 Å². The predicted octanol–water partition coefficient (Wildman–Crippen LogP) is 3.01. The van der Waals surface area contributed by atoms with Gasteiger partial charge < -0.3 is 15.2 Å². The smallest absolute Gasteiger partial charge is 0.270 e. The van der Waals surface area contributed by atoms with Crippen molar-refractivity contribution < 1.29 is 19.0 Å². The molecule has 1 aromatic carbocycles. The van der Waals surface area contributed by atoms with E-state index in [1.165, 1.54) is 12.1 Å². The minimum absolute atomic E-state index is 0.0133. The van der Waals surface area contributed by atoms with E-state index >= 15 is 0 Å². The Labute approximate surface area is 190 Å². The molecule has 0 unspecified atom stereocenters. The van der Waals surface area contributed by atoms with Crippen LogP contribution < -0.4 is 10.1 Å². The first-order chi connectivity index (χ1) is 16.0. The quantitative estimate of drug-likeness (QED) is 0.381. The van der Waals surface area contributed by atoms with Gasteiger partial charge in [-0.05, 0) is 48.7 Å². The summed E-state index contributed by atoms with van der Waals surface area (Å²) in [5.74, 6) is -0.0672. The number of halogens is 1. The number of amides is 1. The first-order valence-electron chi connectivity index (χ1n) is 10.6. The molecule has 0 radical (unpaired) electrons. The third-order valence-corrected chi connectivity index (χ3v) is 5.04. The number of carbonyl (C=O) groups is 1. The Kier molecular flexibility index (Phi) is 6.89. The molecular formula is C24H24FN5O3. The van der Waals surface area contributed by atoms with Gasteiger partial charge in [0.25, 0.3) is 5.91 Å². The molecule has 0 saturated carbocycles. The Hall–Kier alpha value is -3.85. The van der Waals surface area contributed by atoms with Gasteiger partial charge in [0.05, 0.1) is 17.4 Å². The van der Waals surface area contributed by atoms with E-state index in [4.69, 9.17) is 9.84 Å². The van der Waals surface area contributed by atoms with Gasteiger partial charge in [0, 0.05) is 37.3 Å². The van der Waals surface area contributed by atoms with Crippen LogP contribution in [0.5, 0.6) is 5.88 Å². The summed E-state index contributed by atoms with van der Waals surface area (Å²) in [6.07, 6.45) is 5.55. The molecule has 0 saturated heterocycles. The first-order valence-corrected chi connectivity index (χ1v) is 10.6. The number of aliphatic hydroxyl groups excluding tert-OH is 1. The van der Waals surface area contributed by atoms with Gasteiger partial charge in [-0.2, -0.15) is 5.10 Å². The second-order valence-electron chi connectivity index (χ2n) is 7.63. The van der Waals surface area contributed by atoms with Gasteiger partial charge in [-0.1, -0.05) is 12.1 Å². The highest BCUT2D eigenvalue weighted by Crippen LogP contribution is 2.20. The maximum Gasteiger partial charge on any atom is 0.270 e. The number of benzene rings is 1. The van der Waals surface area contributed by atoms with Crippen LogP contribution in [-0.4, -0.2) is 43.9 Å². The Morgan fingerprint density at radius 3 is 2.76 bits per heavy atom. The number of pyridine rings is 2. The van der Waals surface area contributed by atoms with E-state index in [2.05, 4.69) is 20.4 Å². The number of nitrogens with zero attached hydrogens (tertiary/aromatic N) is 4. The number of carbonyl (C=O) groups excluding carboxylic acids is 1. The van der Waals surface area contributed by atoms with Crippen molar-refractivity contribution in [1.82, 2.24) is 25.1 Å². The van der Waals surface area contributed by atoms with Crippen LogP contribution in [-0.2, 0) is 13.2 Å². The van der Waals surface area contributed by atoms with E-state index in [0.717, 1.165) is 16.7 Å². The number of hydrogen-bond acceptors (Lipinski definition) is 6. The molecule has 8 nitrogen and oxygen atoms in total. The van der Waals surface area contributed by atoms with Crippen LogP contribution >= 0.6 is 0 Å². The van der Waals surface area contributed by atoms with Gasteiger partial charge in [0.1, 0.15) is 18.1 Å². The molecule has 3 aromatic heterocycles. The fraction of sp³-hybridized carbons (Fsp3) is 0.250. The van der Waals surface area contributed by atoms with Gasteiger partial charge in [-0.15, -0.1) is 0 Å². The summed E-state index contributed by atoms with van der Waals surface area (Å²) in [7, 11) is 0.